The van der Waals surface area contributed by atoms with E-state index in [2.05, 4.69) is 39.5 Å². The maximum Gasteiger partial charge on any atom is 0.226 e. The predicted molar refractivity (Wildman–Crippen MR) is 141 cm³/mol. The minimum atomic E-state index is -0.643. The minimum Gasteiger partial charge on any atom is -0.307 e. The van der Waals surface area contributed by atoms with Crippen LogP contribution in [0.25, 0.3) is 4.85 Å². The maximum atomic E-state index is 14.3. The smallest absolute Gasteiger partial charge is 0.226 e. The lowest BCUT2D eigenvalue weighted by Gasteiger charge is -2.69. The molecule has 0 aliphatic heterocycles. The van der Waals surface area contributed by atoms with E-state index in [1.807, 2.05) is 26.0 Å². The van der Waals surface area contributed by atoms with E-state index in [1.165, 1.54) is 0 Å². The molecule has 194 valence electrons. The molecule has 4 heteroatoms. The Labute approximate surface area is 217 Å². The van der Waals surface area contributed by atoms with Gasteiger partial charge in [0.15, 0.2) is 11.6 Å². The van der Waals surface area contributed by atoms with E-state index in [-0.39, 0.29) is 62.5 Å². The number of carbonyl (C=O) groups excluding carboxylic acids is 3. The number of fused-ring (bicyclic) bond motifs is 7. The molecule has 3 fully saturated rings. The third-order valence-corrected chi connectivity index (χ3v) is 12.5. The third-order valence-electron chi connectivity index (χ3n) is 12.5. The first kappa shape index (κ1) is 25.6. The summed E-state index contributed by atoms with van der Waals surface area (Å²) in [5.41, 5.74) is -0.533. The first-order chi connectivity index (χ1) is 16.5. The van der Waals surface area contributed by atoms with Crippen molar-refractivity contribution in [2.24, 2.45) is 50.2 Å². The fourth-order valence-electron chi connectivity index (χ4n) is 10.2. The molecule has 36 heavy (non-hydrogen) atoms. The summed E-state index contributed by atoms with van der Waals surface area (Å²) < 4.78 is 0. The highest BCUT2D eigenvalue weighted by Crippen LogP contribution is 2.74. The molecule has 0 N–H and O–H groups in total. The minimum absolute atomic E-state index is 0.0591. The maximum absolute atomic E-state index is 14.3. The van der Waals surface area contributed by atoms with Crippen LogP contribution in [0.5, 0.6) is 0 Å². The fourth-order valence-corrected chi connectivity index (χ4v) is 10.2. The molecule has 0 saturated heterocycles. The molecule has 0 spiro atoms. The second-order valence-corrected chi connectivity index (χ2v) is 14.9. The van der Waals surface area contributed by atoms with Gasteiger partial charge in [0.2, 0.25) is 5.70 Å². The Morgan fingerprint density at radius 1 is 0.972 bits per heavy atom. The van der Waals surface area contributed by atoms with Gasteiger partial charge in [-0.2, -0.15) is 0 Å². The molecule has 0 aromatic carbocycles. The molecule has 7 atom stereocenters. The fraction of sp³-hybridized carbons (Fsp3) is 0.750. The van der Waals surface area contributed by atoms with Crippen LogP contribution in [0.2, 0.25) is 0 Å². The van der Waals surface area contributed by atoms with Crippen LogP contribution < -0.4 is 0 Å². The van der Waals surface area contributed by atoms with Gasteiger partial charge < -0.3 is 4.79 Å². The average Bonchev–Trinajstić information content (AvgIpc) is 2.77. The summed E-state index contributed by atoms with van der Waals surface area (Å²) in [6.07, 6.45) is 10.2. The van der Waals surface area contributed by atoms with Crippen molar-refractivity contribution in [2.45, 2.75) is 100 Å². The predicted octanol–water partition coefficient (Wildman–Crippen LogP) is 7.15. The second-order valence-electron chi connectivity index (χ2n) is 14.9. The lowest BCUT2D eigenvalue weighted by atomic mass is 9.34. The van der Waals surface area contributed by atoms with E-state index < -0.39 is 10.8 Å². The highest BCUT2D eigenvalue weighted by atomic mass is 16.1. The SMILES string of the molecule is [C-]#[N+]C1=CC2(C)C3=CC(=O)C4C5CC(C)(C)CCC5(C(C)=O)CC[C@@]4(C)C3(C)CC[C@H]2C(C)(C)C1=O. The molecular formula is C32H43NO3. The van der Waals surface area contributed by atoms with Crippen LogP contribution >= 0.6 is 0 Å². The number of ketones is 3. The Hall–Kier alpha value is -2.02. The van der Waals surface area contributed by atoms with Gasteiger partial charge in [0.25, 0.3) is 0 Å². The van der Waals surface area contributed by atoms with Crippen LogP contribution in [-0.4, -0.2) is 17.3 Å². The molecule has 0 amide bonds. The summed E-state index contributed by atoms with van der Waals surface area (Å²) in [7, 11) is 0. The Morgan fingerprint density at radius 3 is 2.22 bits per heavy atom. The van der Waals surface area contributed by atoms with Crippen molar-refractivity contribution < 1.29 is 14.4 Å². The summed E-state index contributed by atoms with van der Waals surface area (Å²) in [5, 5.41) is 0. The van der Waals surface area contributed by atoms with Gasteiger partial charge in [0, 0.05) is 22.2 Å². The van der Waals surface area contributed by atoms with E-state index >= 15 is 0 Å². The van der Waals surface area contributed by atoms with Gasteiger partial charge in [-0.15, -0.1) is 0 Å². The molecule has 0 aromatic heterocycles. The van der Waals surface area contributed by atoms with Gasteiger partial charge in [-0.3, -0.25) is 9.59 Å². The zero-order valence-electron chi connectivity index (χ0n) is 23.5. The van der Waals surface area contributed by atoms with Crippen LogP contribution in [0.3, 0.4) is 0 Å². The van der Waals surface area contributed by atoms with E-state index in [0.29, 0.717) is 0 Å². The lowest BCUT2D eigenvalue weighted by molar-refractivity contribution is -0.176. The summed E-state index contributed by atoms with van der Waals surface area (Å²) >= 11 is 0. The van der Waals surface area contributed by atoms with Gasteiger partial charge in [-0.25, -0.2) is 4.85 Å². The van der Waals surface area contributed by atoms with E-state index in [9.17, 15) is 14.4 Å². The van der Waals surface area contributed by atoms with Gasteiger partial charge in [0.1, 0.15) is 5.78 Å². The Morgan fingerprint density at radius 2 is 1.61 bits per heavy atom. The van der Waals surface area contributed by atoms with Gasteiger partial charge in [0.05, 0.1) is 6.57 Å². The van der Waals surface area contributed by atoms with E-state index in [4.69, 9.17) is 6.57 Å². The van der Waals surface area contributed by atoms with Crippen molar-refractivity contribution in [3.05, 3.63) is 34.8 Å². The monoisotopic (exact) mass is 489 g/mol. The largest absolute Gasteiger partial charge is 0.307 e. The molecule has 0 aromatic rings. The van der Waals surface area contributed by atoms with Crippen molar-refractivity contribution >= 4 is 17.3 Å². The van der Waals surface area contributed by atoms with Crippen molar-refractivity contribution in [3.8, 4) is 0 Å². The van der Waals surface area contributed by atoms with Crippen molar-refractivity contribution in [1.29, 1.82) is 0 Å². The second kappa shape index (κ2) is 7.30. The summed E-state index contributed by atoms with van der Waals surface area (Å²) in [4.78, 5) is 44.4. The normalized spacial score (nSPS) is 46.7. The molecule has 5 aliphatic carbocycles. The summed E-state index contributed by atoms with van der Waals surface area (Å²) in [5.74, 6) is 0.348. The highest BCUT2D eigenvalue weighted by molar-refractivity contribution is 6.03. The van der Waals surface area contributed by atoms with Crippen molar-refractivity contribution in [2.75, 3.05) is 0 Å². The van der Waals surface area contributed by atoms with Crippen LogP contribution in [-0.2, 0) is 14.4 Å². The molecule has 3 saturated carbocycles. The molecule has 5 aliphatic rings. The number of rotatable bonds is 1. The number of hydrogen-bond acceptors (Lipinski definition) is 3. The first-order valence-corrected chi connectivity index (χ1v) is 13.9. The van der Waals surface area contributed by atoms with Crippen LogP contribution in [0.1, 0.15) is 100 Å². The van der Waals surface area contributed by atoms with E-state index in [1.54, 1.807) is 6.92 Å². The molecule has 0 bridgehead atoms. The van der Waals surface area contributed by atoms with Gasteiger partial charge in [-0.1, -0.05) is 60.1 Å². The summed E-state index contributed by atoms with van der Waals surface area (Å²) in [6.45, 7) is 24.9. The van der Waals surface area contributed by atoms with Gasteiger partial charge in [-0.05, 0) is 86.0 Å². The zero-order chi connectivity index (χ0) is 26.7. The van der Waals surface area contributed by atoms with Gasteiger partial charge >= 0.3 is 0 Å². The number of allylic oxidation sites excluding steroid dienone is 4. The Bertz CT molecular complexity index is 1180. The number of hydrogen-bond donors (Lipinski definition) is 0. The molecular weight excluding hydrogens is 446 g/mol. The summed E-state index contributed by atoms with van der Waals surface area (Å²) in [6, 6.07) is 0. The van der Waals surface area contributed by atoms with Crippen molar-refractivity contribution in [1.82, 2.24) is 0 Å². The van der Waals surface area contributed by atoms with Crippen LogP contribution in [0, 0.1) is 56.8 Å². The van der Waals surface area contributed by atoms with Crippen LogP contribution in [0.15, 0.2) is 23.4 Å². The molecule has 0 radical (unpaired) electrons. The Kier molecular flexibility index (Phi) is 5.19. The zero-order valence-corrected chi connectivity index (χ0v) is 23.5. The first-order valence-electron chi connectivity index (χ1n) is 13.9. The standard InChI is InChI=1S/C32H43NO3/c1-19(34)32-14-12-27(2,3)17-20(32)25-22(35)16-24-29(6)18-21(33-9)26(36)28(4,5)23(29)10-11-30(24,7)31(25,8)13-15-32/h16,18,20,23,25H,10-15,17H2,1-8H3/t20?,23-,25?,29?,30?,31+,32?/m0/s1. The Balaban J connectivity index is 1.71. The van der Waals surface area contributed by atoms with Crippen molar-refractivity contribution in [3.63, 3.8) is 0 Å². The topological polar surface area (TPSA) is 55.6 Å². The third kappa shape index (κ3) is 2.89. The quantitative estimate of drug-likeness (QED) is 0.368. The number of carbonyl (C=O) groups is 3. The molecule has 5 unspecified atom stereocenters. The molecule has 5 rings (SSSR count). The molecule has 0 heterocycles. The number of nitrogens with zero attached hydrogens (tertiary/aromatic N) is 1. The van der Waals surface area contributed by atoms with E-state index in [0.717, 1.165) is 50.5 Å². The van der Waals surface area contributed by atoms with Crippen LogP contribution in [0.4, 0.5) is 0 Å². The highest BCUT2D eigenvalue weighted by Gasteiger charge is 2.70. The average molecular weight is 490 g/mol. The lowest BCUT2D eigenvalue weighted by Crippen LogP contribution is -2.65. The number of Topliss-reactive ketones (excluding diaryl/α,β-unsaturated/α-hetero) is 2. The molecule has 4 nitrogen and oxygen atoms in total.